The first kappa shape index (κ1) is 24.1. The zero-order chi connectivity index (χ0) is 25.0. The van der Waals surface area contributed by atoms with Crippen molar-refractivity contribution >= 4 is 23.2 Å². The molecule has 0 radical (unpaired) electrons. The summed E-state index contributed by atoms with van der Waals surface area (Å²) in [7, 11) is 1.89. The third kappa shape index (κ3) is 4.66. The van der Waals surface area contributed by atoms with Gasteiger partial charge in [-0.3, -0.25) is 9.48 Å². The number of anilines is 3. The van der Waals surface area contributed by atoms with E-state index in [0.717, 1.165) is 56.7 Å². The molecule has 4 aliphatic rings. The topological polar surface area (TPSA) is 67.2 Å². The fourth-order valence-electron chi connectivity index (χ4n) is 6.22. The molecule has 9 heteroatoms. The molecule has 2 saturated heterocycles. The number of rotatable bonds is 6. The van der Waals surface area contributed by atoms with Crippen molar-refractivity contribution in [3.8, 4) is 0 Å². The zero-order valence-corrected chi connectivity index (χ0v) is 21.1. The molecule has 0 amide bonds. The Labute approximate surface area is 205 Å². The van der Waals surface area contributed by atoms with E-state index >= 15 is 0 Å². The van der Waals surface area contributed by atoms with Crippen LogP contribution in [0.25, 0.3) is 0 Å². The summed E-state index contributed by atoms with van der Waals surface area (Å²) in [5, 5.41) is 4.30. The molecule has 7 nitrogen and oxygen atoms in total. The number of hydrogen-bond acceptors (Lipinski definition) is 6. The lowest BCUT2D eigenvalue weighted by Gasteiger charge is -2.49. The highest BCUT2D eigenvalue weighted by Crippen LogP contribution is 2.60. The van der Waals surface area contributed by atoms with Crippen LogP contribution in [0.4, 0.5) is 26.2 Å². The summed E-state index contributed by atoms with van der Waals surface area (Å²) in [6.07, 6.45) is 9.43. The van der Waals surface area contributed by atoms with E-state index in [1.165, 1.54) is 0 Å². The van der Waals surface area contributed by atoms with E-state index in [1.807, 2.05) is 31.7 Å². The second-order valence-corrected chi connectivity index (χ2v) is 11.4. The third-order valence-corrected chi connectivity index (χ3v) is 8.12. The predicted molar refractivity (Wildman–Crippen MR) is 131 cm³/mol. The predicted octanol–water partition coefficient (Wildman–Crippen LogP) is 5.00. The number of ketones is 1. The van der Waals surface area contributed by atoms with Crippen molar-refractivity contribution in [2.75, 3.05) is 22.9 Å². The number of alkyl halides is 2. The Bertz CT molecular complexity index is 1080. The van der Waals surface area contributed by atoms with Crippen LogP contribution < -0.4 is 9.80 Å². The van der Waals surface area contributed by atoms with E-state index in [-0.39, 0.29) is 24.2 Å². The van der Waals surface area contributed by atoms with Crippen molar-refractivity contribution in [2.45, 2.75) is 71.3 Å². The molecule has 0 unspecified atom stereocenters. The lowest BCUT2D eigenvalue weighted by atomic mass is 9.54. The molecule has 2 atom stereocenters. The van der Waals surface area contributed by atoms with E-state index < -0.39 is 17.3 Å². The van der Waals surface area contributed by atoms with Crippen molar-refractivity contribution in [1.82, 2.24) is 19.7 Å². The van der Waals surface area contributed by atoms with E-state index in [1.54, 1.807) is 4.68 Å². The molecule has 2 aliphatic carbocycles. The van der Waals surface area contributed by atoms with Gasteiger partial charge in [0.25, 0.3) is 5.92 Å². The Morgan fingerprint density at radius 3 is 2.51 bits per heavy atom. The third-order valence-electron chi connectivity index (χ3n) is 8.12. The maximum atomic E-state index is 13.7. The maximum absolute atomic E-state index is 13.7. The first-order valence-corrected chi connectivity index (χ1v) is 12.9. The molecule has 4 heterocycles. The summed E-state index contributed by atoms with van der Waals surface area (Å²) in [6, 6.07) is 2.12. The minimum absolute atomic E-state index is 0.160. The monoisotopic (exact) mass is 486 g/mol. The molecule has 0 N–H and O–H groups in total. The van der Waals surface area contributed by atoms with Crippen molar-refractivity contribution in [2.24, 2.45) is 30.2 Å². The van der Waals surface area contributed by atoms with Crippen molar-refractivity contribution in [3.63, 3.8) is 0 Å². The van der Waals surface area contributed by atoms with Gasteiger partial charge in [0.2, 0.25) is 5.95 Å². The fraction of sp³-hybridized carbons (Fsp3) is 0.692. The molecule has 35 heavy (non-hydrogen) atoms. The van der Waals surface area contributed by atoms with Crippen LogP contribution >= 0.6 is 0 Å². The molecule has 2 aromatic rings. The molecule has 2 aliphatic heterocycles. The lowest BCUT2D eigenvalue weighted by Crippen LogP contribution is -2.48. The molecule has 4 fully saturated rings. The smallest absolute Gasteiger partial charge is 0.258 e. The average molecular weight is 487 g/mol. The molecule has 2 saturated carbocycles. The van der Waals surface area contributed by atoms with Crippen LogP contribution in [-0.2, 0) is 11.8 Å². The molecule has 2 aromatic heterocycles. The van der Waals surface area contributed by atoms with E-state index in [4.69, 9.17) is 4.98 Å². The Kier molecular flexibility index (Phi) is 6.08. The SMILES string of the molecule is CC(C)N(c1cnn(C)c1)c1nccc(N2CCC3CC(C(=O)[C@@H]4CC4(F)F)(C3)C[C@H](C)CC2)n1. The number of carbonyl (C=O) groups excluding carboxylic acids is 1. The van der Waals surface area contributed by atoms with Gasteiger partial charge >= 0.3 is 0 Å². The number of hydrogen-bond donors (Lipinski definition) is 0. The number of fused-ring (bicyclic) bond motifs is 6. The van der Waals surface area contributed by atoms with Crippen molar-refractivity contribution in [3.05, 3.63) is 24.7 Å². The zero-order valence-electron chi connectivity index (χ0n) is 21.1. The van der Waals surface area contributed by atoms with Gasteiger partial charge < -0.3 is 9.80 Å². The van der Waals surface area contributed by atoms with E-state index in [9.17, 15) is 13.6 Å². The lowest BCUT2D eigenvalue weighted by molar-refractivity contribution is -0.143. The highest BCUT2D eigenvalue weighted by molar-refractivity contribution is 5.91. The molecule has 190 valence electrons. The Morgan fingerprint density at radius 1 is 1.17 bits per heavy atom. The van der Waals surface area contributed by atoms with Gasteiger partial charge in [-0.1, -0.05) is 6.92 Å². The first-order chi connectivity index (χ1) is 16.6. The second kappa shape index (κ2) is 8.82. The minimum atomic E-state index is -2.77. The molecular weight excluding hydrogens is 450 g/mol. The van der Waals surface area contributed by atoms with E-state index in [2.05, 4.69) is 40.7 Å². The molecular formula is C26H36F2N6O. The van der Waals surface area contributed by atoms with Crippen LogP contribution in [-0.4, -0.2) is 50.6 Å². The Hall–Kier alpha value is -2.58. The summed E-state index contributed by atoms with van der Waals surface area (Å²) < 4.78 is 29.1. The molecule has 0 spiro atoms. The van der Waals surface area contributed by atoms with Crippen LogP contribution in [0.5, 0.6) is 0 Å². The van der Waals surface area contributed by atoms with Gasteiger partial charge in [0.05, 0.1) is 17.8 Å². The standard InChI is InChI=1S/C26H36F2N6O/c1-17(2)34(20-15-30-32(4)16-20)24-29-8-5-22(31-24)33-9-6-18(3)11-25(12-19(13-25)7-10-33)23(35)21-14-26(21,27)28/h5,8,15-19,21H,6-7,9-14H2,1-4H3/t18-,19?,21+,25?/m1/s1. The number of halogens is 2. The Balaban J connectivity index is 1.31. The van der Waals surface area contributed by atoms with Gasteiger partial charge in [0.1, 0.15) is 11.6 Å². The van der Waals surface area contributed by atoms with Crippen LogP contribution in [0.3, 0.4) is 0 Å². The number of aromatic nitrogens is 4. The van der Waals surface area contributed by atoms with Crippen molar-refractivity contribution in [1.29, 1.82) is 0 Å². The maximum Gasteiger partial charge on any atom is 0.258 e. The van der Waals surface area contributed by atoms with Crippen LogP contribution in [0.1, 0.15) is 59.3 Å². The first-order valence-electron chi connectivity index (χ1n) is 12.9. The summed E-state index contributed by atoms with van der Waals surface area (Å²) in [4.78, 5) is 26.9. The average Bonchev–Trinajstić information content (AvgIpc) is 3.21. The van der Waals surface area contributed by atoms with Gasteiger partial charge in [-0.05, 0) is 63.9 Å². The van der Waals surface area contributed by atoms with Gasteiger partial charge in [-0.15, -0.1) is 0 Å². The second-order valence-electron chi connectivity index (χ2n) is 11.4. The molecule has 0 aromatic carbocycles. The van der Waals surface area contributed by atoms with E-state index in [0.29, 0.717) is 11.9 Å². The normalized spacial score (nSPS) is 30.0. The number of Topliss-reactive ketones (excluding diaryl/α,β-unsaturated/α-hetero) is 1. The summed E-state index contributed by atoms with van der Waals surface area (Å²) in [5.74, 6) is -1.71. The highest BCUT2D eigenvalue weighted by Gasteiger charge is 2.66. The van der Waals surface area contributed by atoms with Gasteiger partial charge in [-0.2, -0.15) is 10.1 Å². The van der Waals surface area contributed by atoms with Gasteiger partial charge in [-0.25, -0.2) is 13.8 Å². The molecule has 6 rings (SSSR count). The summed E-state index contributed by atoms with van der Waals surface area (Å²) >= 11 is 0. The van der Waals surface area contributed by atoms with Gasteiger partial charge in [0, 0.05) is 50.4 Å². The van der Waals surface area contributed by atoms with Gasteiger partial charge in [0.15, 0.2) is 0 Å². The quantitative estimate of drug-likeness (QED) is 0.572. The van der Waals surface area contributed by atoms with Crippen LogP contribution in [0.2, 0.25) is 0 Å². The van der Waals surface area contributed by atoms with Crippen LogP contribution in [0, 0.1) is 23.2 Å². The largest absolute Gasteiger partial charge is 0.356 e. The summed E-state index contributed by atoms with van der Waals surface area (Å²) in [5.41, 5.74) is 0.436. The summed E-state index contributed by atoms with van der Waals surface area (Å²) in [6.45, 7) is 8.03. The van der Waals surface area contributed by atoms with Crippen LogP contribution in [0.15, 0.2) is 24.7 Å². The van der Waals surface area contributed by atoms with Crippen molar-refractivity contribution < 1.29 is 13.6 Å². The number of carbonyl (C=O) groups is 1. The fourth-order valence-corrected chi connectivity index (χ4v) is 6.22. The minimum Gasteiger partial charge on any atom is -0.356 e. The highest BCUT2D eigenvalue weighted by atomic mass is 19.3. The Morgan fingerprint density at radius 2 is 1.89 bits per heavy atom. The molecule has 2 bridgehead atoms. The number of nitrogens with zero attached hydrogens (tertiary/aromatic N) is 6. The number of aryl methyl sites for hydroxylation is 1.